The molecule has 122 valence electrons. The van der Waals surface area contributed by atoms with Crippen molar-refractivity contribution in [1.29, 1.82) is 0 Å². The first-order chi connectivity index (χ1) is 10.2. The van der Waals surface area contributed by atoms with Crippen molar-refractivity contribution in [2.45, 2.75) is 51.8 Å². The molecule has 1 N–H and O–H groups in total. The zero-order chi connectivity index (χ0) is 16.3. The monoisotopic (exact) mass is 324 g/mol. The molecule has 0 bridgehead atoms. The molecular weight excluding hydrogens is 300 g/mol. The fourth-order valence-electron chi connectivity index (χ4n) is 2.59. The molecule has 1 unspecified atom stereocenters. The molecule has 2 atom stereocenters. The summed E-state index contributed by atoms with van der Waals surface area (Å²) in [6.45, 7) is 9.21. The summed E-state index contributed by atoms with van der Waals surface area (Å²) in [5.74, 6) is 0. The Bertz CT molecular complexity index is 510. The zero-order valence-electron chi connectivity index (χ0n) is 13.7. The van der Waals surface area contributed by atoms with Crippen LogP contribution in [0.3, 0.4) is 0 Å². The van der Waals surface area contributed by atoms with Gasteiger partial charge in [-0.15, -0.1) is 0 Å². The Morgan fingerprint density at radius 3 is 2.59 bits per heavy atom. The summed E-state index contributed by atoms with van der Waals surface area (Å²) in [5, 5.41) is 4.31. The molecule has 1 amide bonds. The van der Waals surface area contributed by atoms with Gasteiger partial charge >= 0.3 is 6.09 Å². The minimum atomic E-state index is -0.445. The van der Waals surface area contributed by atoms with Crippen molar-refractivity contribution in [3.05, 3.63) is 34.9 Å². The van der Waals surface area contributed by atoms with Crippen molar-refractivity contribution in [1.82, 2.24) is 10.2 Å². The topological polar surface area (TPSA) is 41.6 Å². The molecule has 1 aromatic rings. The molecule has 0 saturated carbocycles. The number of hydrogen-bond acceptors (Lipinski definition) is 3. The van der Waals surface area contributed by atoms with E-state index in [-0.39, 0.29) is 18.2 Å². The van der Waals surface area contributed by atoms with Gasteiger partial charge in [0.05, 0.1) is 0 Å². The molecule has 1 heterocycles. The third-order valence-electron chi connectivity index (χ3n) is 3.70. The van der Waals surface area contributed by atoms with Crippen molar-refractivity contribution in [2.24, 2.45) is 0 Å². The second-order valence-electron chi connectivity index (χ2n) is 6.85. The highest BCUT2D eigenvalue weighted by molar-refractivity contribution is 6.30. The summed E-state index contributed by atoms with van der Waals surface area (Å²) in [6.07, 6.45) is 0.716. The lowest BCUT2D eigenvalue weighted by atomic mass is 10.1. The molecule has 1 aliphatic heterocycles. The molecule has 0 aromatic heterocycles. The van der Waals surface area contributed by atoms with Crippen LogP contribution in [-0.2, 0) is 4.74 Å². The van der Waals surface area contributed by atoms with Crippen LogP contribution in [0.5, 0.6) is 0 Å². The van der Waals surface area contributed by atoms with Crippen molar-refractivity contribution in [2.75, 3.05) is 13.1 Å². The number of rotatable bonds is 3. The van der Waals surface area contributed by atoms with Crippen LogP contribution in [0.4, 0.5) is 4.79 Å². The van der Waals surface area contributed by atoms with Gasteiger partial charge in [0.1, 0.15) is 5.60 Å². The van der Waals surface area contributed by atoms with Gasteiger partial charge in [0.25, 0.3) is 0 Å². The van der Waals surface area contributed by atoms with Crippen LogP contribution in [-0.4, -0.2) is 35.7 Å². The van der Waals surface area contributed by atoms with E-state index >= 15 is 0 Å². The van der Waals surface area contributed by atoms with Gasteiger partial charge in [-0.1, -0.05) is 23.7 Å². The Hall–Kier alpha value is -1.26. The van der Waals surface area contributed by atoms with Crippen LogP contribution >= 0.6 is 11.6 Å². The predicted octanol–water partition coefficient (Wildman–Crippen LogP) is 4.00. The van der Waals surface area contributed by atoms with Crippen LogP contribution in [0.1, 0.15) is 45.7 Å². The molecule has 2 rings (SSSR count). The minimum Gasteiger partial charge on any atom is -0.444 e. The van der Waals surface area contributed by atoms with E-state index in [4.69, 9.17) is 16.3 Å². The van der Waals surface area contributed by atoms with E-state index in [2.05, 4.69) is 12.2 Å². The molecule has 1 aromatic carbocycles. The smallest absolute Gasteiger partial charge is 0.410 e. The highest BCUT2D eigenvalue weighted by atomic mass is 35.5. The van der Waals surface area contributed by atoms with Crippen molar-refractivity contribution < 1.29 is 9.53 Å². The number of carbonyl (C=O) groups excluding carboxylic acids is 1. The normalized spacial score (nSPS) is 20.0. The number of nitrogens with zero attached hydrogens (tertiary/aromatic N) is 1. The van der Waals surface area contributed by atoms with Gasteiger partial charge in [-0.2, -0.15) is 0 Å². The SMILES string of the molecule is C[C@H](NC1CCN(C(=O)OC(C)(C)C)C1)c1ccc(Cl)cc1. The predicted molar refractivity (Wildman–Crippen MR) is 89.2 cm³/mol. The van der Waals surface area contributed by atoms with Gasteiger partial charge in [0.15, 0.2) is 0 Å². The lowest BCUT2D eigenvalue weighted by Gasteiger charge is -2.25. The molecular formula is C17H25ClN2O2. The summed E-state index contributed by atoms with van der Waals surface area (Å²) < 4.78 is 5.42. The van der Waals surface area contributed by atoms with E-state index in [0.29, 0.717) is 6.54 Å². The first-order valence-electron chi connectivity index (χ1n) is 7.74. The highest BCUT2D eigenvalue weighted by Crippen LogP contribution is 2.20. The van der Waals surface area contributed by atoms with E-state index in [1.54, 1.807) is 4.90 Å². The maximum Gasteiger partial charge on any atom is 0.410 e. The van der Waals surface area contributed by atoms with E-state index < -0.39 is 5.60 Å². The van der Waals surface area contributed by atoms with Gasteiger partial charge in [0.2, 0.25) is 0 Å². The highest BCUT2D eigenvalue weighted by Gasteiger charge is 2.30. The number of benzene rings is 1. The lowest BCUT2D eigenvalue weighted by molar-refractivity contribution is 0.0290. The van der Waals surface area contributed by atoms with E-state index in [0.717, 1.165) is 18.0 Å². The van der Waals surface area contributed by atoms with Crippen LogP contribution in [0.2, 0.25) is 5.02 Å². The molecule has 22 heavy (non-hydrogen) atoms. The Kier molecular flexibility index (Phi) is 5.35. The second kappa shape index (κ2) is 6.88. The molecule has 4 nitrogen and oxygen atoms in total. The molecule has 0 radical (unpaired) electrons. The number of likely N-dealkylation sites (tertiary alicyclic amines) is 1. The van der Waals surface area contributed by atoms with E-state index in [9.17, 15) is 4.79 Å². The van der Waals surface area contributed by atoms with Gasteiger partial charge in [-0.3, -0.25) is 0 Å². The number of halogens is 1. The number of nitrogens with one attached hydrogen (secondary N) is 1. The first-order valence-corrected chi connectivity index (χ1v) is 8.12. The number of carbonyl (C=O) groups is 1. The number of hydrogen-bond donors (Lipinski definition) is 1. The summed E-state index contributed by atoms with van der Waals surface area (Å²) in [6, 6.07) is 8.37. The van der Waals surface area contributed by atoms with Gasteiger partial charge in [-0.25, -0.2) is 4.79 Å². The largest absolute Gasteiger partial charge is 0.444 e. The second-order valence-corrected chi connectivity index (χ2v) is 7.29. The quantitative estimate of drug-likeness (QED) is 0.913. The standard InChI is InChI=1S/C17H25ClN2O2/c1-12(13-5-7-14(18)8-6-13)19-15-9-10-20(11-15)16(21)22-17(2,3)4/h5-8,12,15,19H,9-11H2,1-4H3/t12-,15?/m0/s1. The van der Waals surface area contributed by atoms with Gasteiger partial charge in [-0.05, 0) is 51.8 Å². The van der Waals surface area contributed by atoms with Crippen LogP contribution in [0.15, 0.2) is 24.3 Å². The third-order valence-corrected chi connectivity index (χ3v) is 3.95. The van der Waals surface area contributed by atoms with Gasteiger partial charge < -0.3 is 15.0 Å². The molecule has 5 heteroatoms. The fourth-order valence-corrected chi connectivity index (χ4v) is 2.72. The molecule has 1 fully saturated rings. The average molecular weight is 325 g/mol. The Morgan fingerprint density at radius 1 is 1.36 bits per heavy atom. The third kappa shape index (κ3) is 4.89. The minimum absolute atomic E-state index is 0.223. The van der Waals surface area contributed by atoms with E-state index in [1.165, 1.54) is 5.56 Å². The maximum atomic E-state index is 12.1. The Balaban J connectivity index is 1.85. The molecule has 0 aliphatic carbocycles. The van der Waals surface area contributed by atoms with Crippen molar-refractivity contribution >= 4 is 17.7 Å². The number of ether oxygens (including phenoxy) is 1. The zero-order valence-corrected chi connectivity index (χ0v) is 14.5. The molecule has 1 aliphatic rings. The van der Waals surface area contributed by atoms with Crippen LogP contribution < -0.4 is 5.32 Å². The fraction of sp³-hybridized carbons (Fsp3) is 0.588. The first kappa shape index (κ1) is 17.1. The average Bonchev–Trinajstić information content (AvgIpc) is 2.86. The summed E-state index contributed by atoms with van der Waals surface area (Å²) in [7, 11) is 0. The lowest BCUT2D eigenvalue weighted by Crippen LogP contribution is -2.39. The Labute approximate surface area is 137 Å². The van der Waals surface area contributed by atoms with E-state index in [1.807, 2.05) is 45.0 Å². The summed E-state index contributed by atoms with van der Waals surface area (Å²) in [5.41, 5.74) is 0.749. The van der Waals surface area contributed by atoms with Crippen LogP contribution in [0, 0.1) is 0 Å². The van der Waals surface area contributed by atoms with Crippen molar-refractivity contribution in [3.63, 3.8) is 0 Å². The number of amides is 1. The maximum absolute atomic E-state index is 12.1. The van der Waals surface area contributed by atoms with Crippen LogP contribution in [0.25, 0.3) is 0 Å². The molecule has 1 saturated heterocycles. The van der Waals surface area contributed by atoms with Gasteiger partial charge in [0, 0.05) is 30.2 Å². The summed E-state index contributed by atoms with van der Waals surface area (Å²) >= 11 is 5.91. The summed E-state index contributed by atoms with van der Waals surface area (Å²) in [4.78, 5) is 13.8. The molecule has 0 spiro atoms. The Morgan fingerprint density at radius 2 is 2.00 bits per heavy atom. The van der Waals surface area contributed by atoms with Crippen molar-refractivity contribution in [3.8, 4) is 0 Å².